The van der Waals surface area contributed by atoms with E-state index in [9.17, 15) is 8.42 Å². The van der Waals surface area contributed by atoms with Crippen LogP contribution in [0.15, 0.2) is 27.6 Å². The van der Waals surface area contributed by atoms with Gasteiger partial charge in [-0.25, -0.2) is 8.42 Å². The highest BCUT2D eigenvalue weighted by Crippen LogP contribution is 2.39. The van der Waals surface area contributed by atoms with E-state index >= 15 is 0 Å². The molecule has 0 radical (unpaired) electrons. The molecule has 3 atom stereocenters. The Hall–Kier alpha value is -0.630. The van der Waals surface area contributed by atoms with Crippen LogP contribution >= 0.6 is 15.9 Å². The van der Waals surface area contributed by atoms with Gasteiger partial charge in [-0.2, -0.15) is 4.31 Å². The van der Waals surface area contributed by atoms with Crippen LogP contribution in [-0.2, 0) is 10.0 Å². The van der Waals surface area contributed by atoms with Crippen LogP contribution in [0.3, 0.4) is 0 Å². The second-order valence-corrected chi connectivity index (χ2v) is 8.96. The first kappa shape index (κ1) is 16.2. The normalized spacial score (nSPS) is 29.3. The third kappa shape index (κ3) is 2.79. The maximum atomic E-state index is 13.0. The number of hydrogen-bond acceptors (Lipinski definition) is 4. The average molecular weight is 389 g/mol. The van der Waals surface area contributed by atoms with E-state index in [4.69, 9.17) is 10.5 Å². The molecule has 2 N–H and O–H groups in total. The second kappa shape index (κ2) is 6.11. The molecule has 2 aliphatic rings. The first-order valence-corrected chi connectivity index (χ1v) is 9.76. The Labute approximate surface area is 140 Å². The fourth-order valence-electron chi connectivity index (χ4n) is 3.66. The van der Waals surface area contributed by atoms with Crippen molar-refractivity contribution in [1.82, 2.24) is 4.31 Å². The van der Waals surface area contributed by atoms with Gasteiger partial charge in [0.25, 0.3) is 0 Å². The minimum atomic E-state index is -3.56. The molecule has 1 aliphatic carbocycles. The smallest absolute Gasteiger partial charge is 0.246 e. The van der Waals surface area contributed by atoms with E-state index in [0.717, 1.165) is 23.7 Å². The van der Waals surface area contributed by atoms with Crippen molar-refractivity contribution in [3.8, 4) is 5.75 Å². The largest absolute Gasteiger partial charge is 0.495 e. The first-order valence-electron chi connectivity index (χ1n) is 7.52. The molecule has 3 rings (SSSR count). The topological polar surface area (TPSA) is 72.6 Å². The van der Waals surface area contributed by atoms with E-state index in [1.165, 1.54) is 7.11 Å². The van der Waals surface area contributed by atoms with Crippen LogP contribution in [0.25, 0.3) is 0 Å². The van der Waals surface area contributed by atoms with Crippen LogP contribution in [0.1, 0.15) is 19.3 Å². The maximum Gasteiger partial charge on any atom is 0.246 e. The van der Waals surface area contributed by atoms with Gasteiger partial charge in [0.15, 0.2) is 0 Å². The van der Waals surface area contributed by atoms with E-state index in [1.807, 2.05) is 0 Å². The summed E-state index contributed by atoms with van der Waals surface area (Å²) in [6, 6.07) is 5.17. The third-order valence-electron chi connectivity index (χ3n) is 4.86. The third-order valence-corrected chi connectivity index (χ3v) is 7.21. The fourth-order valence-corrected chi connectivity index (χ4v) is 5.89. The molecule has 0 aromatic heterocycles. The molecule has 122 valence electrons. The number of benzene rings is 1. The first-order chi connectivity index (χ1) is 10.4. The summed E-state index contributed by atoms with van der Waals surface area (Å²) in [6.07, 6.45) is 3.16. The standard InChI is InChI=1S/C15H21BrN2O3S/c1-21-14-6-5-11(16)7-15(14)22(19,20)18-8-10-3-2-4-13(17)12(10)9-18/h5-7,10,12-13H,2-4,8-9,17H2,1H3. The predicted molar refractivity (Wildman–Crippen MR) is 88.3 cm³/mol. The highest BCUT2D eigenvalue weighted by Gasteiger charge is 2.43. The van der Waals surface area contributed by atoms with Gasteiger partial charge < -0.3 is 10.5 Å². The Kier molecular flexibility index (Phi) is 4.51. The lowest BCUT2D eigenvalue weighted by atomic mass is 9.78. The van der Waals surface area contributed by atoms with Gasteiger partial charge >= 0.3 is 0 Å². The molecule has 0 amide bonds. The van der Waals surface area contributed by atoms with Crippen molar-refractivity contribution in [2.75, 3.05) is 20.2 Å². The summed E-state index contributed by atoms with van der Waals surface area (Å²) < 4.78 is 33.5. The van der Waals surface area contributed by atoms with Crippen molar-refractivity contribution < 1.29 is 13.2 Å². The number of nitrogens with zero attached hydrogens (tertiary/aromatic N) is 1. The summed E-state index contributed by atoms with van der Waals surface area (Å²) in [5.41, 5.74) is 6.19. The number of ether oxygens (including phenoxy) is 1. The molecule has 0 spiro atoms. The van der Waals surface area contributed by atoms with E-state index < -0.39 is 10.0 Å². The quantitative estimate of drug-likeness (QED) is 0.861. The van der Waals surface area contributed by atoms with Crippen LogP contribution in [0.2, 0.25) is 0 Å². The number of fused-ring (bicyclic) bond motifs is 1. The molecule has 1 aliphatic heterocycles. The number of rotatable bonds is 3. The number of methoxy groups -OCH3 is 1. The van der Waals surface area contributed by atoms with Crippen LogP contribution in [0.4, 0.5) is 0 Å². The fraction of sp³-hybridized carbons (Fsp3) is 0.600. The van der Waals surface area contributed by atoms with Crippen molar-refractivity contribution in [3.63, 3.8) is 0 Å². The van der Waals surface area contributed by atoms with Crippen LogP contribution in [0, 0.1) is 11.8 Å². The highest BCUT2D eigenvalue weighted by atomic mass is 79.9. The SMILES string of the molecule is COc1ccc(Br)cc1S(=O)(=O)N1CC2CCCC(N)C2C1. The van der Waals surface area contributed by atoms with E-state index in [-0.39, 0.29) is 16.9 Å². The molecule has 5 nitrogen and oxygen atoms in total. The summed E-state index contributed by atoms with van der Waals surface area (Å²) in [7, 11) is -2.07. The van der Waals surface area contributed by atoms with Gasteiger partial charge in [-0.1, -0.05) is 22.4 Å². The Balaban J connectivity index is 1.93. The summed E-state index contributed by atoms with van der Waals surface area (Å²) in [5.74, 6) is 1.04. The lowest BCUT2D eigenvalue weighted by Crippen LogP contribution is -2.38. The average Bonchev–Trinajstić information content (AvgIpc) is 2.93. The number of hydrogen-bond donors (Lipinski definition) is 1. The maximum absolute atomic E-state index is 13.0. The minimum absolute atomic E-state index is 0.114. The monoisotopic (exact) mass is 388 g/mol. The van der Waals surface area contributed by atoms with Crippen LogP contribution < -0.4 is 10.5 Å². The molecule has 0 bridgehead atoms. The second-order valence-electron chi connectivity index (χ2n) is 6.14. The molecule has 22 heavy (non-hydrogen) atoms. The molecule has 1 aromatic carbocycles. The van der Waals surface area contributed by atoms with Gasteiger partial charge in [0.05, 0.1) is 7.11 Å². The van der Waals surface area contributed by atoms with Crippen molar-refractivity contribution in [2.24, 2.45) is 17.6 Å². The summed E-state index contributed by atoms with van der Waals surface area (Å²) >= 11 is 3.34. The van der Waals surface area contributed by atoms with Gasteiger partial charge in [-0.15, -0.1) is 0 Å². The Bertz CT molecular complexity index is 665. The predicted octanol–water partition coefficient (Wildman–Crippen LogP) is 2.21. The van der Waals surface area contributed by atoms with Crippen molar-refractivity contribution in [2.45, 2.75) is 30.2 Å². The molecular formula is C15H21BrN2O3S. The van der Waals surface area contributed by atoms with Gasteiger partial charge in [-0.3, -0.25) is 0 Å². The Morgan fingerprint density at radius 2 is 2.09 bits per heavy atom. The van der Waals surface area contributed by atoms with Gasteiger partial charge in [0.2, 0.25) is 10.0 Å². The number of sulfonamides is 1. The molecule has 1 aromatic rings. The molecule has 1 saturated heterocycles. The highest BCUT2D eigenvalue weighted by molar-refractivity contribution is 9.10. The minimum Gasteiger partial charge on any atom is -0.495 e. The number of nitrogens with two attached hydrogens (primary N) is 1. The Morgan fingerprint density at radius 1 is 1.32 bits per heavy atom. The lowest BCUT2D eigenvalue weighted by molar-refractivity contribution is 0.260. The zero-order valence-electron chi connectivity index (χ0n) is 12.5. The molecule has 1 saturated carbocycles. The summed E-state index contributed by atoms with van der Waals surface area (Å²) in [4.78, 5) is 0.219. The van der Waals surface area contributed by atoms with Gasteiger partial charge in [0, 0.05) is 23.6 Å². The molecule has 1 heterocycles. The Morgan fingerprint density at radius 3 is 2.77 bits per heavy atom. The molecule has 3 unspecified atom stereocenters. The van der Waals surface area contributed by atoms with Crippen molar-refractivity contribution >= 4 is 26.0 Å². The van der Waals surface area contributed by atoms with E-state index in [2.05, 4.69) is 15.9 Å². The molecule has 2 fully saturated rings. The molecular weight excluding hydrogens is 368 g/mol. The van der Waals surface area contributed by atoms with E-state index in [0.29, 0.717) is 24.8 Å². The number of halogens is 1. The molecule has 7 heteroatoms. The van der Waals surface area contributed by atoms with Crippen molar-refractivity contribution in [3.05, 3.63) is 22.7 Å². The van der Waals surface area contributed by atoms with Gasteiger partial charge in [0.1, 0.15) is 10.6 Å². The van der Waals surface area contributed by atoms with Crippen LogP contribution in [0.5, 0.6) is 5.75 Å². The van der Waals surface area contributed by atoms with Gasteiger partial charge in [-0.05, 0) is 42.9 Å². The zero-order chi connectivity index (χ0) is 15.9. The summed E-state index contributed by atoms with van der Waals surface area (Å²) in [5, 5.41) is 0. The van der Waals surface area contributed by atoms with Crippen molar-refractivity contribution in [1.29, 1.82) is 0 Å². The van der Waals surface area contributed by atoms with Crippen LogP contribution in [-0.4, -0.2) is 39.0 Å². The van der Waals surface area contributed by atoms with E-state index in [1.54, 1.807) is 22.5 Å². The zero-order valence-corrected chi connectivity index (χ0v) is 14.9. The lowest BCUT2D eigenvalue weighted by Gasteiger charge is -2.29. The summed E-state index contributed by atoms with van der Waals surface area (Å²) in [6.45, 7) is 1.08.